The van der Waals surface area contributed by atoms with E-state index < -0.39 is 18.3 Å². The maximum absolute atomic E-state index is 12.8. The minimum Gasteiger partial charge on any atom is -0.494 e. The van der Waals surface area contributed by atoms with Gasteiger partial charge >= 0.3 is 6.18 Å². The van der Waals surface area contributed by atoms with Gasteiger partial charge in [-0.2, -0.15) is 18.2 Å². The monoisotopic (exact) mass is 440 g/mol. The van der Waals surface area contributed by atoms with Gasteiger partial charge in [0.2, 0.25) is 17.6 Å². The van der Waals surface area contributed by atoms with Crippen LogP contribution in [0.15, 0.2) is 28.8 Å². The zero-order valence-corrected chi connectivity index (χ0v) is 17.9. The Kier molecular flexibility index (Phi) is 6.88. The highest BCUT2D eigenvalue weighted by Gasteiger charge is 2.41. The van der Waals surface area contributed by atoms with Crippen LogP contribution >= 0.6 is 0 Å². The molecule has 0 aliphatic carbocycles. The second kappa shape index (κ2) is 9.25. The predicted molar refractivity (Wildman–Crippen MR) is 108 cm³/mol. The molecule has 0 radical (unpaired) electrons. The molecule has 1 aliphatic rings. The van der Waals surface area contributed by atoms with E-state index in [1.54, 1.807) is 18.7 Å². The molecule has 2 aromatic rings. The molecule has 0 N–H and O–H groups in total. The van der Waals surface area contributed by atoms with Crippen LogP contribution in [0, 0.1) is 0 Å². The fourth-order valence-corrected chi connectivity index (χ4v) is 3.63. The molecule has 1 fully saturated rings. The van der Waals surface area contributed by atoms with Gasteiger partial charge in [-0.1, -0.05) is 5.16 Å². The largest absolute Gasteiger partial charge is 0.494 e. The maximum atomic E-state index is 12.8. The summed E-state index contributed by atoms with van der Waals surface area (Å²) in [5.41, 5.74) is 0.0154. The van der Waals surface area contributed by atoms with Gasteiger partial charge in [0.1, 0.15) is 5.75 Å². The molecule has 0 bridgehead atoms. The van der Waals surface area contributed by atoms with Gasteiger partial charge in [0.15, 0.2) is 0 Å². The number of amides is 1. The van der Waals surface area contributed by atoms with E-state index in [0.29, 0.717) is 18.3 Å². The summed E-state index contributed by atoms with van der Waals surface area (Å²) in [6.07, 6.45) is -3.84. The van der Waals surface area contributed by atoms with Crippen molar-refractivity contribution in [2.24, 2.45) is 0 Å². The number of hydrogen-bond acceptors (Lipinski definition) is 6. The zero-order chi connectivity index (χ0) is 22.6. The van der Waals surface area contributed by atoms with Crippen molar-refractivity contribution >= 4 is 5.91 Å². The molecule has 1 aromatic heterocycles. The highest BCUT2D eigenvalue weighted by Crippen LogP contribution is 2.27. The number of piperazine rings is 1. The molecule has 3 rings (SSSR count). The van der Waals surface area contributed by atoms with Crippen molar-refractivity contribution in [1.82, 2.24) is 19.9 Å². The van der Waals surface area contributed by atoms with E-state index in [-0.39, 0.29) is 38.4 Å². The minimum absolute atomic E-state index is 0.138. The first-order valence-corrected chi connectivity index (χ1v) is 10.2. The number of alkyl halides is 3. The number of ether oxygens (including phenoxy) is 1. The van der Waals surface area contributed by atoms with Gasteiger partial charge in [-0.05, 0) is 45.0 Å². The first-order chi connectivity index (χ1) is 14.6. The molecule has 31 heavy (non-hydrogen) atoms. The van der Waals surface area contributed by atoms with E-state index in [0.717, 1.165) is 11.3 Å². The van der Waals surface area contributed by atoms with E-state index in [2.05, 4.69) is 10.1 Å². The van der Waals surface area contributed by atoms with Crippen molar-refractivity contribution < 1.29 is 27.2 Å². The van der Waals surface area contributed by atoms with Crippen molar-refractivity contribution in [3.05, 3.63) is 30.2 Å². The van der Waals surface area contributed by atoms with Crippen LogP contribution < -0.4 is 4.74 Å². The number of carbonyl (C=O) groups is 1. The summed E-state index contributed by atoms with van der Waals surface area (Å²) >= 11 is 0. The lowest BCUT2D eigenvalue weighted by Crippen LogP contribution is -2.62. The van der Waals surface area contributed by atoms with Crippen LogP contribution in [0.25, 0.3) is 11.4 Å². The lowest BCUT2D eigenvalue weighted by atomic mass is 9.98. The molecule has 0 atom stereocenters. The number of halogens is 3. The Morgan fingerprint density at radius 2 is 1.94 bits per heavy atom. The van der Waals surface area contributed by atoms with Crippen LogP contribution in [0.5, 0.6) is 5.75 Å². The predicted octanol–water partition coefficient (Wildman–Crippen LogP) is 3.55. The first-order valence-electron chi connectivity index (χ1n) is 10.2. The van der Waals surface area contributed by atoms with Crippen molar-refractivity contribution in [3.8, 4) is 17.1 Å². The standard InChI is InChI=1S/C21H27F3N4O3/c1-4-30-16-7-5-15(6-8-16)19-25-17(31-26-19)9-10-18(29)27-11-12-28(14-21(22,23)24)20(2,3)13-27/h5-8H,4,9-14H2,1-3H3. The second-order valence-electron chi connectivity index (χ2n) is 8.13. The average molecular weight is 440 g/mol. The third-order valence-electron chi connectivity index (χ3n) is 5.24. The number of benzene rings is 1. The van der Waals surface area contributed by atoms with Crippen LogP contribution in [-0.4, -0.2) is 70.3 Å². The van der Waals surface area contributed by atoms with Gasteiger partial charge in [0, 0.05) is 43.6 Å². The molecular formula is C21H27F3N4O3. The summed E-state index contributed by atoms with van der Waals surface area (Å²) < 4.78 is 49.0. The minimum atomic E-state index is -4.26. The summed E-state index contributed by atoms with van der Waals surface area (Å²) in [4.78, 5) is 19.9. The molecule has 170 valence electrons. The Labute approximate surface area is 179 Å². The van der Waals surface area contributed by atoms with Crippen molar-refractivity contribution in [2.45, 2.75) is 45.3 Å². The van der Waals surface area contributed by atoms with E-state index in [1.165, 1.54) is 4.90 Å². The quantitative estimate of drug-likeness (QED) is 0.656. The van der Waals surface area contributed by atoms with Crippen molar-refractivity contribution in [2.75, 3.05) is 32.8 Å². The smallest absolute Gasteiger partial charge is 0.401 e. The average Bonchev–Trinajstić information content (AvgIpc) is 3.16. The lowest BCUT2D eigenvalue weighted by Gasteiger charge is -2.47. The molecule has 1 amide bonds. The van der Waals surface area contributed by atoms with Gasteiger partial charge in [-0.25, -0.2) is 0 Å². The Morgan fingerprint density at radius 3 is 2.55 bits per heavy atom. The number of nitrogens with zero attached hydrogens (tertiary/aromatic N) is 4. The van der Waals surface area contributed by atoms with E-state index in [4.69, 9.17) is 9.26 Å². The van der Waals surface area contributed by atoms with Gasteiger partial charge < -0.3 is 14.2 Å². The van der Waals surface area contributed by atoms with E-state index in [1.807, 2.05) is 31.2 Å². The molecule has 7 nitrogen and oxygen atoms in total. The normalized spacial score (nSPS) is 17.0. The van der Waals surface area contributed by atoms with Crippen molar-refractivity contribution in [1.29, 1.82) is 0 Å². The van der Waals surface area contributed by atoms with E-state index >= 15 is 0 Å². The molecule has 10 heteroatoms. The third-order valence-corrected chi connectivity index (χ3v) is 5.24. The van der Waals surface area contributed by atoms with Gasteiger partial charge in [-0.3, -0.25) is 9.69 Å². The van der Waals surface area contributed by atoms with E-state index in [9.17, 15) is 18.0 Å². The van der Waals surface area contributed by atoms with Gasteiger partial charge in [0.05, 0.1) is 13.2 Å². The Morgan fingerprint density at radius 1 is 1.23 bits per heavy atom. The van der Waals surface area contributed by atoms with Crippen molar-refractivity contribution in [3.63, 3.8) is 0 Å². The molecule has 0 saturated carbocycles. The summed E-state index contributed by atoms with van der Waals surface area (Å²) in [5.74, 6) is 1.37. The Hall–Kier alpha value is -2.62. The topological polar surface area (TPSA) is 71.7 Å². The SMILES string of the molecule is CCOc1ccc(-c2noc(CCC(=O)N3CCN(CC(F)(F)F)C(C)(C)C3)n2)cc1. The highest BCUT2D eigenvalue weighted by molar-refractivity contribution is 5.76. The lowest BCUT2D eigenvalue weighted by molar-refractivity contribution is -0.167. The van der Waals surface area contributed by atoms with Crippen LogP contribution in [0.4, 0.5) is 13.2 Å². The third kappa shape index (κ3) is 6.19. The molecule has 1 aliphatic heterocycles. The Bertz CT molecular complexity index is 881. The Balaban J connectivity index is 1.53. The number of aromatic nitrogens is 2. The summed E-state index contributed by atoms with van der Waals surface area (Å²) in [7, 11) is 0. The van der Waals surface area contributed by atoms with Crippen LogP contribution in [0.1, 0.15) is 33.1 Å². The number of hydrogen-bond donors (Lipinski definition) is 0. The maximum Gasteiger partial charge on any atom is 0.401 e. The second-order valence-corrected chi connectivity index (χ2v) is 8.13. The fraction of sp³-hybridized carbons (Fsp3) is 0.571. The molecule has 2 heterocycles. The van der Waals surface area contributed by atoms with Crippen LogP contribution in [0.3, 0.4) is 0 Å². The summed E-state index contributed by atoms with van der Waals surface area (Å²) in [6.45, 7) is 5.64. The van der Waals surface area contributed by atoms with Gasteiger partial charge in [-0.15, -0.1) is 0 Å². The number of aryl methyl sites for hydroxylation is 1. The van der Waals surface area contributed by atoms with Crippen LogP contribution in [-0.2, 0) is 11.2 Å². The fourth-order valence-electron chi connectivity index (χ4n) is 3.63. The zero-order valence-electron chi connectivity index (χ0n) is 17.9. The molecule has 0 spiro atoms. The summed E-state index contributed by atoms with van der Waals surface area (Å²) in [5, 5.41) is 3.95. The molecular weight excluding hydrogens is 413 g/mol. The molecule has 1 aromatic carbocycles. The summed E-state index contributed by atoms with van der Waals surface area (Å²) in [6, 6.07) is 7.29. The number of carbonyl (C=O) groups excluding carboxylic acids is 1. The molecule has 0 unspecified atom stereocenters. The first kappa shape index (κ1) is 23.1. The highest BCUT2D eigenvalue weighted by atomic mass is 19.4. The molecule has 1 saturated heterocycles. The number of rotatable bonds is 7. The van der Waals surface area contributed by atoms with Gasteiger partial charge in [0.25, 0.3) is 0 Å². The van der Waals surface area contributed by atoms with Crippen LogP contribution in [0.2, 0.25) is 0 Å².